The average Bonchev–Trinajstić information content (AvgIpc) is 2.42. The first-order valence-corrected chi connectivity index (χ1v) is 10.4. The summed E-state index contributed by atoms with van der Waals surface area (Å²) in [4.78, 5) is 11.9. The Morgan fingerprint density at radius 1 is 1.35 bits per heavy atom. The van der Waals surface area contributed by atoms with Crippen molar-refractivity contribution in [2.75, 3.05) is 19.0 Å². The van der Waals surface area contributed by atoms with E-state index in [1.54, 1.807) is 0 Å². The van der Waals surface area contributed by atoms with Crippen LogP contribution in [-0.4, -0.2) is 27.7 Å². The van der Waals surface area contributed by atoms with Crippen LogP contribution in [0.15, 0.2) is 12.1 Å². The minimum atomic E-state index is -1.42. The molecule has 1 aromatic rings. The van der Waals surface area contributed by atoms with Crippen LogP contribution in [0.3, 0.4) is 0 Å². The molecule has 0 bridgehead atoms. The van der Waals surface area contributed by atoms with E-state index in [2.05, 4.69) is 42.5 Å². The molecule has 0 aliphatic carbocycles. The van der Waals surface area contributed by atoms with Gasteiger partial charge in [0.25, 0.3) is 0 Å². The van der Waals surface area contributed by atoms with Gasteiger partial charge in [0.05, 0.1) is 18.4 Å². The topological polar surface area (TPSA) is 38.3 Å². The fourth-order valence-electron chi connectivity index (χ4n) is 2.20. The van der Waals surface area contributed by atoms with Crippen LogP contribution in [0.4, 0.5) is 5.69 Å². The summed E-state index contributed by atoms with van der Waals surface area (Å²) in [6.45, 7) is 7.53. The van der Waals surface area contributed by atoms with Crippen molar-refractivity contribution in [3.63, 3.8) is 0 Å². The highest BCUT2D eigenvalue weighted by Crippen LogP contribution is 2.28. The molecule has 1 N–H and O–H groups in total. The smallest absolute Gasteiger partial charge is 0.340 e. The van der Waals surface area contributed by atoms with Gasteiger partial charge in [-0.2, -0.15) is 0 Å². The SMILES string of the molecule is COC(=O)c1cc(C#C[Si](C)(C)C)cc2c1NCCC2. The summed E-state index contributed by atoms with van der Waals surface area (Å²) in [5.41, 5.74) is 6.94. The molecule has 1 aromatic carbocycles. The average molecular weight is 287 g/mol. The molecule has 0 unspecified atom stereocenters. The van der Waals surface area contributed by atoms with Crippen LogP contribution in [0.5, 0.6) is 0 Å². The standard InChI is InChI=1S/C16H21NO2Si/c1-19-16(18)14-11-12(7-9-20(2,3)4)10-13-6-5-8-17-15(13)14/h10-11,17H,5-6,8H2,1-4H3. The molecule has 20 heavy (non-hydrogen) atoms. The second-order valence-corrected chi connectivity index (χ2v) is 10.8. The maximum Gasteiger partial charge on any atom is 0.340 e. The Morgan fingerprint density at radius 2 is 2.10 bits per heavy atom. The zero-order valence-electron chi connectivity index (χ0n) is 12.6. The summed E-state index contributed by atoms with van der Waals surface area (Å²) in [6, 6.07) is 3.94. The Hall–Kier alpha value is -1.73. The van der Waals surface area contributed by atoms with Crippen LogP contribution < -0.4 is 5.32 Å². The number of methoxy groups -OCH3 is 1. The van der Waals surface area contributed by atoms with Crippen LogP contribution in [-0.2, 0) is 11.2 Å². The minimum absolute atomic E-state index is 0.299. The summed E-state index contributed by atoms with van der Waals surface area (Å²) in [5, 5.41) is 3.31. The molecule has 3 nitrogen and oxygen atoms in total. The third kappa shape index (κ3) is 3.43. The summed E-state index contributed by atoms with van der Waals surface area (Å²) in [6.07, 6.45) is 2.06. The fourth-order valence-corrected chi connectivity index (χ4v) is 2.72. The van der Waals surface area contributed by atoms with Gasteiger partial charge in [-0.3, -0.25) is 0 Å². The molecule has 0 saturated carbocycles. The van der Waals surface area contributed by atoms with Gasteiger partial charge < -0.3 is 10.1 Å². The van der Waals surface area contributed by atoms with E-state index in [0.29, 0.717) is 5.56 Å². The lowest BCUT2D eigenvalue weighted by Gasteiger charge is -2.21. The number of aryl methyl sites for hydroxylation is 1. The Balaban J connectivity index is 2.49. The van der Waals surface area contributed by atoms with E-state index in [-0.39, 0.29) is 5.97 Å². The molecule has 0 amide bonds. The maximum absolute atomic E-state index is 11.9. The second kappa shape index (κ2) is 5.72. The first kappa shape index (κ1) is 14.7. The number of nitrogens with one attached hydrogen (secondary N) is 1. The molecule has 0 fully saturated rings. The Kier molecular flexibility index (Phi) is 4.19. The molecule has 0 saturated heterocycles. The lowest BCUT2D eigenvalue weighted by Crippen LogP contribution is -2.18. The van der Waals surface area contributed by atoms with E-state index in [4.69, 9.17) is 4.74 Å². The zero-order chi connectivity index (χ0) is 14.8. The highest BCUT2D eigenvalue weighted by Gasteiger charge is 2.19. The molecular formula is C16H21NO2Si. The van der Waals surface area contributed by atoms with Crippen molar-refractivity contribution >= 4 is 19.7 Å². The zero-order valence-corrected chi connectivity index (χ0v) is 13.6. The number of carbonyl (C=O) groups is 1. The fraction of sp³-hybridized carbons (Fsp3) is 0.438. The van der Waals surface area contributed by atoms with E-state index in [1.807, 2.05) is 6.07 Å². The van der Waals surface area contributed by atoms with Crippen molar-refractivity contribution in [2.45, 2.75) is 32.5 Å². The van der Waals surface area contributed by atoms with Crippen molar-refractivity contribution in [2.24, 2.45) is 0 Å². The van der Waals surface area contributed by atoms with E-state index in [1.165, 1.54) is 12.7 Å². The molecule has 1 aliphatic heterocycles. The molecule has 106 valence electrons. The van der Waals surface area contributed by atoms with Gasteiger partial charge in [-0.25, -0.2) is 4.79 Å². The molecule has 1 aliphatic rings. The number of rotatable bonds is 1. The number of carbonyl (C=O) groups excluding carboxylic acids is 1. The molecule has 1 heterocycles. The number of ether oxygens (including phenoxy) is 1. The Labute approximate surface area is 121 Å². The molecule has 0 aromatic heterocycles. The summed E-state index contributed by atoms with van der Waals surface area (Å²) in [7, 11) is -0.00664. The number of hydrogen-bond acceptors (Lipinski definition) is 3. The van der Waals surface area contributed by atoms with E-state index >= 15 is 0 Å². The largest absolute Gasteiger partial charge is 0.465 e. The van der Waals surface area contributed by atoms with Gasteiger partial charge in [-0.1, -0.05) is 25.6 Å². The van der Waals surface area contributed by atoms with Crippen LogP contribution in [0.25, 0.3) is 0 Å². The first-order valence-electron chi connectivity index (χ1n) is 6.93. The molecular weight excluding hydrogens is 266 g/mol. The van der Waals surface area contributed by atoms with Crippen molar-refractivity contribution in [3.8, 4) is 11.5 Å². The third-order valence-electron chi connectivity index (χ3n) is 3.13. The number of fused-ring (bicyclic) bond motifs is 1. The molecule has 0 radical (unpaired) electrons. The Morgan fingerprint density at radius 3 is 2.75 bits per heavy atom. The van der Waals surface area contributed by atoms with Crippen LogP contribution in [0.1, 0.15) is 27.9 Å². The van der Waals surface area contributed by atoms with Crippen molar-refractivity contribution in [1.82, 2.24) is 0 Å². The third-order valence-corrected chi connectivity index (χ3v) is 4.01. The maximum atomic E-state index is 11.9. The summed E-state index contributed by atoms with van der Waals surface area (Å²) in [5.74, 6) is 2.93. The van der Waals surface area contributed by atoms with E-state index < -0.39 is 8.07 Å². The van der Waals surface area contributed by atoms with Crippen molar-refractivity contribution in [3.05, 3.63) is 28.8 Å². The summed E-state index contributed by atoms with van der Waals surface area (Å²) < 4.78 is 4.88. The second-order valence-electron chi connectivity index (χ2n) is 6.08. The van der Waals surface area contributed by atoms with Crippen LogP contribution in [0, 0.1) is 11.5 Å². The predicted molar refractivity (Wildman–Crippen MR) is 84.8 cm³/mol. The van der Waals surface area contributed by atoms with Crippen LogP contribution in [0.2, 0.25) is 19.6 Å². The number of benzene rings is 1. The number of esters is 1. The van der Waals surface area contributed by atoms with Gasteiger partial charge >= 0.3 is 5.97 Å². The normalized spacial score (nSPS) is 13.6. The Bertz CT molecular complexity index is 591. The predicted octanol–water partition coefficient (Wildman–Crippen LogP) is 3.06. The van der Waals surface area contributed by atoms with Crippen molar-refractivity contribution in [1.29, 1.82) is 0 Å². The molecule has 0 atom stereocenters. The quantitative estimate of drug-likeness (QED) is 0.490. The monoisotopic (exact) mass is 287 g/mol. The lowest BCUT2D eigenvalue weighted by atomic mass is 9.96. The highest BCUT2D eigenvalue weighted by atomic mass is 28.3. The van der Waals surface area contributed by atoms with Crippen molar-refractivity contribution < 1.29 is 9.53 Å². The number of hydrogen-bond donors (Lipinski definition) is 1. The molecule has 2 rings (SSSR count). The minimum Gasteiger partial charge on any atom is -0.465 e. The van der Waals surface area contributed by atoms with Gasteiger partial charge in [0.2, 0.25) is 0 Å². The van der Waals surface area contributed by atoms with Crippen LogP contribution >= 0.6 is 0 Å². The highest BCUT2D eigenvalue weighted by molar-refractivity contribution is 6.83. The lowest BCUT2D eigenvalue weighted by molar-refractivity contribution is 0.0601. The van der Waals surface area contributed by atoms with E-state index in [9.17, 15) is 4.79 Å². The van der Waals surface area contributed by atoms with Gasteiger partial charge in [0.15, 0.2) is 0 Å². The molecule has 4 heteroatoms. The van der Waals surface area contributed by atoms with Gasteiger partial charge in [-0.15, -0.1) is 5.54 Å². The van der Waals surface area contributed by atoms with Gasteiger partial charge in [0.1, 0.15) is 8.07 Å². The van der Waals surface area contributed by atoms with E-state index in [0.717, 1.165) is 30.6 Å². The van der Waals surface area contributed by atoms with Gasteiger partial charge in [-0.05, 0) is 30.5 Å². The number of anilines is 1. The molecule has 0 spiro atoms. The summed E-state index contributed by atoms with van der Waals surface area (Å²) >= 11 is 0. The first-order chi connectivity index (χ1) is 9.40. The van der Waals surface area contributed by atoms with Gasteiger partial charge in [0, 0.05) is 12.1 Å².